The molecule has 13 nitrogen and oxygen atoms in total. The van der Waals surface area contributed by atoms with Gasteiger partial charge in [0.1, 0.15) is 11.9 Å². The van der Waals surface area contributed by atoms with Crippen LogP contribution in [0.2, 0.25) is 0 Å². The number of hydrogen-bond donors (Lipinski definition) is 5. The molecular formula is C43H50FN5O8S. The molecule has 0 spiro atoms. The highest BCUT2D eigenvalue weighted by Crippen LogP contribution is 2.42. The third-order valence-corrected chi connectivity index (χ3v) is 11.1. The highest BCUT2D eigenvalue weighted by Gasteiger charge is 2.39. The summed E-state index contributed by atoms with van der Waals surface area (Å²) in [6.45, 7) is 4.35. The highest BCUT2D eigenvalue weighted by atomic mass is 32.2. The number of para-hydroxylation sites is 1. The molecule has 4 atom stereocenters. The van der Waals surface area contributed by atoms with Crippen LogP contribution in [-0.4, -0.2) is 98.7 Å². The molecule has 58 heavy (non-hydrogen) atoms. The Morgan fingerprint density at radius 3 is 2.21 bits per heavy atom. The van der Waals surface area contributed by atoms with Gasteiger partial charge in [0.2, 0.25) is 17.7 Å². The molecule has 1 aliphatic heterocycles. The van der Waals surface area contributed by atoms with Crippen LogP contribution in [0.15, 0.2) is 84.9 Å². The summed E-state index contributed by atoms with van der Waals surface area (Å²) in [4.78, 5) is 65.8. The first-order valence-electron chi connectivity index (χ1n) is 19.2. The van der Waals surface area contributed by atoms with E-state index in [1.54, 1.807) is 24.3 Å². The van der Waals surface area contributed by atoms with E-state index in [0.717, 1.165) is 29.3 Å². The lowest BCUT2D eigenvalue weighted by Gasteiger charge is -2.21. The summed E-state index contributed by atoms with van der Waals surface area (Å²) in [5, 5.41) is 27.0. The first-order chi connectivity index (χ1) is 27.8. The van der Waals surface area contributed by atoms with Gasteiger partial charge in [-0.25, -0.2) is 9.18 Å². The summed E-state index contributed by atoms with van der Waals surface area (Å²) in [5.41, 5.74) is 9.97. The number of nitrogens with one attached hydrogen (secondary N) is 2. The van der Waals surface area contributed by atoms with Crippen molar-refractivity contribution in [2.24, 2.45) is 5.73 Å². The molecule has 2 heterocycles. The number of aromatic nitrogens is 1. The number of hydrogen-bond acceptors (Lipinski definition) is 10. The molecule has 0 saturated carbocycles. The van der Waals surface area contributed by atoms with Gasteiger partial charge in [0.15, 0.2) is 0 Å². The van der Waals surface area contributed by atoms with E-state index in [1.165, 1.54) is 12.1 Å². The van der Waals surface area contributed by atoms with Gasteiger partial charge in [0.25, 0.3) is 5.91 Å². The molecule has 308 valence electrons. The van der Waals surface area contributed by atoms with Gasteiger partial charge in [-0.3, -0.25) is 24.1 Å². The molecule has 0 radical (unpaired) electrons. The van der Waals surface area contributed by atoms with Gasteiger partial charge in [-0.05, 0) is 66.3 Å². The van der Waals surface area contributed by atoms with Gasteiger partial charge in [0, 0.05) is 48.8 Å². The molecule has 1 fully saturated rings. The Bertz CT molecular complexity index is 2060. The molecule has 4 amide bonds. The van der Waals surface area contributed by atoms with E-state index in [9.17, 15) is 38.6 Å². The third kappa shape index (κ3) is 10.8. The van der Waals surface area contributed by atoms with E-state index in [-0.39, 0.29) is 62.4 Å². The van der Waals surface area contributed by atoms with Gasteiger partial charge in [-0.1, -0.05) is 62.4 Å². The van der Waals surface area contributed by atoms with Gasteiger partial charge >= 0.3 is 5.97 Å². The van der Waals surface area contributed by atoms with Crippen LogP contribution in [0.25, 0.3) is 22.4 Å². The van der Waals surface area contributed by atoms with Crippen LogP contribution in [-0.2, 0) is 30.5 Å². The number of nitrogens with zero attached hydrogens (tertiary/aromatic N) is 2. The van der Waals surface area contributed by atoms with Gasteiger partial charge in [-0.2, -0.15) is 0 Å². The minimum absolute atomic E-state index is 0.0508. The fourth-order valence-corrected chi connectivity index (χ4v) is 8.31. The molecular weight excluding hydrogens is 766 g/mol. The summed E-state index contributed by atoms with van der Waals surface area (Å²) in [5.74, 6) is -3.20. The van der Waals surface area contributed by atoms with Crippen molar-refractivity contribution in [1.29, 1.82) is 0 Å². The van der Waals surface area contributed by atoms with Crippen LogP contribution in [0.3, 0.4) is 0 Å². The van der Waals surface area contributed by atoms with Gasteiger partial charge < -0.3 is 35.9 Å². The van der Waals surface area contributed by atoms with Crippen LogP contribution in [0.1, 0.15) is 61.5 Å². The summed E-state index contributed by atoms with van der Waals surface area (Å²) in [6.07, 6.45) is -2.95. The number of likely N-dealkylation sites (tertiary alicyclic amines) is 1. The molecule has 5 rings (SSSR count). The van der Waals surface area contributed by atoms with Crippen molar-refractivity contribution < 1.29 is 43.3 Å². The molecule has 4 aromatic rings. The number of methoxy groups -OCH3 is 1. The fourth-order valence-electron chi connectivity index (χ4n) is 7.14. The SMILES string of the molecule is COC(=O)C(CSC1CC(=O)N(CCN)C1=O)NC(=O)C[C@H](O)C[C@H](O)CCn1c(-c2ccc(F)cc2)c(-c2ccccc2)c(C(=O)Nc2ccccc2)c1C(C)C. The zero-order chi connectivity index (χ0) is 41.9. The Morgan fingerprint density at radius 2 is 1.59 bits per heavy atom. The lowest BCUT2D eigenvalue weighted by atomic mass is 9.94. The van der Waals surface area contributed by atoms with Crippen molar-refractivity contribution in [1.82, 2.24) is 14.8 Å². The number of nitrogens with two attached hydrogens (primary N) is 1. The van der Waals surface area contributed by atoms with Crippen LogP contribution in [0, 0.1) is 5.82 Å². The maximum atomic E-state index is 14.3. The predicted molar refractivity (Wildman–Crippen MR) is 220 cm³/mol. The summed E-state index contributed by atoms with van der Waals surface area (Å²) < 4.78 is 21.1. The number of ether oxygens (including phenoxy) is 1. The number of aliphatic hydroxyl groups is 2. The van der Waals surface area contributed by atoms with E-state index in [2.05, 4.69) is 10.6 Å². The second-order valence-corrected chi connectivity index (χ2v) is 15.6. The normalized spacial score (nSPS) is 15.7. The predicted octanol–water partition coefficient (Wildman–Crippen LogP) is 4.71. The first kappa shape index (κ1) is 43.8. The maximum absolute atomic E-state index is 14.3. The van der Waals surface area contributed by atoms with E-state index >= 15 is 0 Å². The van der Waals surface area contributed by atoms with Crippen molar-refractivity contribution in [3.05, 3.63) is 102 Å². The minimum Gasteiger partial charge on any atom is -0.467 e. The quantitative estimate of drug-likeness (QED) is 0.0655. The molecule has 1 aliphatic rings. The van der Waals surface area contributed by atoms with E-state index in [4.69, 9.17) is 10.5 Å². The number of thioether (sulfide) groups is 1. The standard InChI is InChI=1S/C43H50FN5O8S/c1-26(2)39-38(41(54)46-30-12-8-5-9-13-30)37(27-10-6-4-7-11-27)40(28-14-16-29(44)17-15-28)49(39)20-18-31(50)22-32(51)23-35(52)47-33(43(56)57-3)25-58-34-24-36(53)48(21-19-45)42(34)55/h4-17,26,31-34,50-51H,18-25,45H2,1-3H3,(H,46,54)(H,47,52)/t31-,32-,33?,34?/m1/s1. The average molecular weight is 816 g/mol. The second-order valence-electron chi connectivity index (χ2n) is 14.4. The molecule has 2 unspecified atom stereocenters. The topological polar surface area (TPSA) is 193 Å². The van der Waals surface area contributed by atoms with E-state index < -0.39 is 53.5 Å². The summed E-state index contributed by atoms with van der Waals surface area (Å²) in [6, 6.07) is 23.4. The number of carbonyl (C=O) groups excluding carboxylic acids is 5. The Hall–Kier alpha value is -5.35. The Kier molecular flexibility index (Phi) is 15.4. The number of anilines is 1. The lowest BCUT2D eigenvalue weighted by Crippen LogP contribution is -2.45. The van der Waals surface area contributed by atoms with E-state index in [0.29, 0.717) is 33.8 Å². The number of aliphatic hydroxyl groups excluding tert-OH is 2. The number of amides is 4. The molecule has 0 bridgehead atoms. The fraction of sp³-hybridized carbons (Fsp3) is 0.372. The minimum atomic E-state index is -1.29. The summed E-state index contributed by atoms with van der Waals surface area (Å²) >= 11 is 1.04. The first-order valence-corrected chi connectivity index (χ1v) is 20.2. The zero-order valence-corrected chi connectivity index (χ0v) is 33.5. The van der Waals surface area contributed by atoms with Crippen LogP contribution in [0.4, 0.5) is 10.1 Å². The van der Waals surface area contributed by atoms with Crippen molar-refractivity contribution >= 4 is 47.0 Å². The number of benzene rings is 3. The van der Waals surface area contributed by atoms with Gasteiger partial charge in [0.05, 0.1) is 42.2 Å². The highest BCUT2D eigenvalue weighted by molar-refractivity contribution is 8.00. The molecule has 1 saturated heterocycles. The largest absolute Gasteiger partial charge is 0.467 e. The number of rotatable bonds is 19. The maximum Gasteiger partial charge on any atom is 0.329 e. The number of halogens is 1. The monoisotopic (exact) mass is 815 g/mol. The molecule has 6 N–H and O–H groups in total. The van der Waals surface area contributed by atoms with Crippen LogP contribution < -0.4 is 16.4 Å². The van der Waals surface area contributed by atoms with Crippen molar-refractivity contribution in [3.8, 4) is 22.4 Å². The summed E-state index contributed by atoms with van der Waals surface area (Å²) in [7, 11) is 1.16. The second kappa shape index (κ2) is 20.4. The van der Waals surface area contributed by atoms with Crippen molar-refractivity contribution in [2.45, 2.75) is 75.5 Å². The molecule has 3 aromatic carbocycles. The number of carbonyl (C=O) groups is 5. The number of esters is 1. The Balaban J connectivity index is 1.34. The van der Waals surface area contributed by atoms with Crippen LogP contribution in [0.5, 0.6) is 0 Å². The Morgan fingerprint density at radius 1 is 0.931 bits per heavy atom. The average Bonchev–Trinajstić information content (AvgIpc) is 3.69. The Labute approximate surface area is 341 Å². The molecule has 15 heteroatoms. The zero-order valence-electron chi connectivity index (χ0n) is 32.7. The third-order valence-electron chi connectivity index (χ3n) is 9.78. The van der Waals surface area contributed by atoms with Crippen LogP contribution >= 0.6 is 11.8 Å². The lowest BCUT2D eigenvalue weighted by molar-refractivity contribution is -0.144. The molecule has 1 aromatic heterocycles. The number of imide groups is 1. The van der Waals surface area contributed by atoms with Gasteiger partial charge in [-0.15, -0.1) is 11.8 Å². The van der Waals surface area contributed by atoms with Crippen molar-refractivity contribution in [3.63, 3.8) is 0 Å². The molecule has 0 aliphatic carbocycles. The van der Waals surface area contributed by atoms with E-state index in [1.807, 2.05) is 66.9 Å². The smallest absolute Gasteiger partial charge is 0.329 e. The van der Waals surface area contributed by atoms with Crippen molar-refractivity contribution in [2.75, 3.05) is 31.3 Å².